The van der Waals surface area contributed by atoms with Crippen LogP contribution >= 0.6 is 0 Å². The molecule has 28 heavy (non-hydrogen) atoms. The second-order valence-electron chi connectivity index (χ2n) is 6.41. The fourth-order valence-corrected chi connectivity index (χ4v) is 2.96. The molecule has 0 aliphatic rings. The van der Waals surface area contributed by atoms with Crippen molar-refractivity contribution < 1.29 is 14.8 Å². The number of rotatable bonds is 7. The minimum atomic E-state index is -0.590. The lowest BCUT2D eigenvalue weighted by atomic mass is 10.1. The third kappa shape index (κ3) is 4.83. The molecule has 0 saturated heterocycles. The summed E-state index contributed by atoms with van der Waals surface area (Å²) in [5.41, 5.74) is 5.11. The molecular formula is C21H22N4O3. The fraction of sp³-hybridized carbons (Fsp3) is 0.190. The monoisotopic (exact) mass is 378 g/mol. The maximum Gasteiger partial charge on any atom is 0.267 e. The van der Waals surface area contributed by atoms with Crippen LogP contribution in [0.3, 0.4) is 0 Å². The van der Waals surface area contributed by atoms with Crippen molar-refractivity contribution in [3.8, 4) is 0 Å². The number of nitrogens with one attached hydrogen (secondary N) is 2. The molecule has 3 aromatic rings. The van der Waals surface area contributed by atoms with Gasteiger partial charge in [0.05, 0.1) is 17.5 Å². The van der Waals surface area contributed by atoms with Crippen LogP contribution in [0.15, 0.2) is 54.6 Å². The zero-order chi connectivity index (χ0) is 19.9. The lowest BCUT2D eigenvalue weighted by Gasteiger charge is -2.06. The first-order chi connectivity index (χ1) is 13.6. The van der Waals surface area contributed by atoms with Crippen LogP contribution in [0.25, 0.3) is 17.1 Å². The van der Waals surface area contributed by atoms with Gasteiger partial charge in [0.1, 0.15) is 5.82 Å². The van der Waals surface area contributed by atoms with E-state index in [0.717, 1.165) is 28.0 Å². The second kappa shape index (κ2) is 8.96. The molecular weight excluding hydrogens is 356 g/mol. The van der Waals surface area contributed by atoms with Crippen molar-refractivity contribution >= 4 is 28.9 Å². The predicted octanol–water partition coefficient (Wildman–Crippen LogP) is 1.99. The molecule has 0 unspecified atom stereocenters. The topological polar surface area (TPSA) is 96.2 Å². The van der Waals surface area contributed by atoms with E-state index in [-0.39, 0.29) is 5.91 Å². The molecule has 3 rings (SSSR count). The Kier molecular flexibility index (Phi) is 6.18. The first kappa shape index (κ1) is 19.3. The molecule has 0 atom stereocenters. The molecule has 0 radical (unpaired) electrons. The van der Waals surface area contributed by atoms with Crippen LogP contribution in [0.5, 0.6) is 0 Å². The van der Waals surface area contributed by atoms with E-state index < -0.39 is 5.91 Å². The summed E-state index contributed by atoms with van der Waals surface area (Å²) in [6.07, 6.45) is 3.82. The minimum absolute atomic E-state index is 0.0143. The van der Waals surface area contributed by atoms with Crippen LogP contribution in [-0.4, -0.2) is 33.1 Å². The zero-order valence-electron chi connectivity index (χ0n) is 15.6. The number of fused-ring (bicyclic) bond motifs is 1. The standard InChI is InChI=1S/C21H22N4O3/c1-25-18-9-7-16(8-10-20(26)24-28)13-17(18)23-19(25)11-12-22-21(27)14-15-5-3-2-4-6-15/h2-10,13,28H,11-12,14H2,1H3,(H,22,27)(H,24,26)/b10-8+. The van der Waals surface area contributed by atoms with Crippen LogP contribution in [0.2, 0.25) is 0 Å². The number of hydrogen-bond acceptors (Lipinski definition) is 4. The normalized spacial score (nSPS) is 11.1. The molecule has 0 saturated carbocycles. The molecule has 3 N–H and O–H groups in total. The second-order valence-corrected chi connectivity index (χ2v) is 6.41. The largest absolute Gasteiger partial charge is 0.355 e. The molecule has 0 bridgehead atoms. The summed E-state index contributed by atoms with van der Waals surface area (Å²) >= 11 is 0. The van der Waals surface area contributed by atoms with Gasteiger partial charge in [0.15, 0.2) is 0 Å². The number of benzene rings is 2. The molecule has 1 heterocycles. The van der Waals surface area contributed by atoms with Gasteiger partial charge in [-0.15, -0.1) is 0 Å². The smallest absolute Gasteiger partial charge is 0.267 e. The summed E-state index contributed by atoms with van der Waals surface area (Å²) in [5, 5.41) is 11.5. The van der Waals surface area contributed by atoms with E-state index in [1.807, 2.05) is 60.1 Å². The highest BCUT2D eigenvalue weighted by atomic mass is 16.5. The third-order valence-electron chi connectivity index (χ3n) is 4.41. The van der Waals surface area contributed by atoms with E-state index in [1.54, 1.807) is 11.6 Å². The number of amides is 2. The average Bonchev–Trinajstić information content (AvgIpc) is 3.02. The highest BCUT2D eigenvalue weighted by molar-refractivity contribution is 5.91. The van der Waals surface area contributed by atoms with Gasteiger partial charge in [-0.25, -0.2) is 10.5 Å². The zero-order valence-corrected chi connectivity index (χ0v) is 15.6. The number of hydroxylamine groups is 1. The predicted molar refractivity (Wildman–Crippen MR) is 107 cm³/mol. The Morgan fingerprint density at radius 2 is 1.96 bits per heavy atom. The number of imidazole rings is 1. The first-order valence-corrected chi connectivity index (χ1v) is 8.95. The quantitative estimate of drug-likeness (QED) is 0.333. The third-order valence-corrected chi connectivity index (χ3v) is 4.41. The molecule has 144 valence electrons. The fourth-order valence-electron chi connectivity index (χ4n) is 2.96. The number of nitrogens with zero attached hydrogens (tertiary/aromatic N) is 2. The van der Waals surface area contributed by atoms with Crippen LogP contribution in [0.1, 0.15) is 17.0 Å². The number of carbonyl (C=O) groups is 2. The van der Waals surface area contributed by atoms with Crippen molar-refractivity contribution in [2.24, 2.45) is 7.05 Å². The summed E-state index contributed by atoms with van der Waals surface area (Å²) in [4.78, 5) is 27.8. The summed E-state index contributed by atoms with van der Waals surface area (Å²) in [7, 11) is 1.94. The summed E-state index contributed by atoms with van der Waals surface area (Å²) in [6, 6.07) is 15.3. The van der Waals surface area contributed by atoms with Gasteiger partial charge < -0.3 is 9.88 Å². The summed E-state index contributed by atoms with van der Waals surface area (Å²) < 4.78 is 1.99. The average molecular weight is 378 g/mol. The van der Waals surface area contributed by atoms with Gasteiger partial charge in [-0.3, -0.25) is 14.8 Å². The number of aryl methyl sites for hydroxylation is 1. The first-order valence-electron chi connectivity index (χ1n) is 8.95. The van der Waals surface area contributed by atoms with E-state index in [0.29, 0.717) is 19.4 Å². The molecule has 2 amide bonds. The van der Waals surface area contributed by atoms with E-state index in [4.69, 9.17) is 5.21 Å². The van der Waals surface area contributed by atoms with Crippen LogP contribution in [0.4, 0.5) is 0 Å². The minimum Gasteiger partial charge on any atom is -0.355 e. The van der Waals surface area contributed by atoms with Gasteiger partial charge in [-0.2, -0.15) is 0 Å². The van der Waals surface area contributed by atoms with Gasteiger partial charge in [-0.1, -0.05) is 36.4 Å². The molecule has 7 nitrogen and oxygen atoms in total. The van der Waals surface area contributed by atoms with Crippen LogP contribution < -0.4 is 10.8 Å². The molecule has 0 aliphatic heterocycles. The van der Waals surface area contributed by atoms with E-state index in [2.05, 4.69) is 10.3 Å². The Bertz CT molecular complexity index is 1010. The van der Waals surface area contributed by atoms with E-state index >= 15 is 0 Å². The Morgan fingerprint density at radius 1 is 1.18 bits per heavy atom. The van der Waals surface area contributed by atoms with Crippen LogP contribution in [0, 0.1) is 0 Å². The van der Waals surface area contributed by atoms with E-state index in [1.165, 1.54) is 6.08 Å². The number of aromatic nitrogens is 2. The number of hydrogen-bond donors (Lipinski definition) is 3. The van der Waals surface area contributed by atoms with Crippen molar-refractivity contribution in [2.75, 3.05) is 6.54 Å². The lowest BCUT2D eigenvalue weighted by Crippen LogP contribution is -2.27. The van der Waals surface area contributed by atoms with Gasteiger partial charge in [0, 0.05) is 26.1 Å². The highest BCUT2D eigenvalue weighted by Gasteiger charge is 2.09. The van der Waals surface area contributed by atoms with Crippen molar-refractivity contribution in [3.05, 3.63) is 71.6 Å². The Balaban J connectivity index is 1.61. The van der Waals surface area contributed by atoms with Crippen molar-refractivity contribution in [1.82, 2.24) is 20.3 Å². The Labute approximate surface area is 162 Å². The Morgan fingerprint density at radius 3 is 2.71 bits per heavy atom. The van der Waals surface area contributed by atoms with Gasteiger partial charge >= 0.3 is 0 Å². The summed E-state index contributed by atoms with van der Waals surface area (Å²) in [5.74, 6) is 0.261. The Hall–Kier alpha value is -3.45. The highest BCUT2D eigenvalue weighted by Crippen LogP contribution is 2.18. The van der Waals surface area contributed by atoms with Gasteiger partial charge in [-0.05, 0) is 29.3 Å². The summed E-state index contributed by atoms with van der Waals surface area (Å²) in [6.45, 7) is 0.506. The molecule has 0 spiro atoms. The van der Waals surface area contributed by atoms with Crippen molar-refractivity contribution in [2.45, 2.75) is 12.8 Å². The van der Waals surface area contributed by atoms with Crippen molar-refractivity contribution in [3.63, 3.8) is 0 Å². The maximum absolute atomic E-state index is 12.1. The molecule has 7 heteroatoms. The molecule has 2 aromatic carbocycles. The van der Waals surface area contributed by atoms with E-state index in [9.17, 15) is 9.59 Å². The van der Waals surface area contributed by atoms with Gasteiger partial charge in [0.2, 0.25) is 5.91 Å². The molecule has 0 fully saturated rings. The molecule has 1 aromatic heterocycles. The van der Waals surface area contributed by atoms with Crippen molar-refractivity contribution in [1.29, 1.82) is 0 Å². The maximum atomic E-state index is 12.1. The van der Waals surface area contributed by atoms with Gasteiger partial charge in [0.25, 0.3) is 5.91 Å². The lowest BCUT2D eigenvalue weighted by molar-refractivity contribution is -0.124. The molecule has 0 aliphatic carbocycles. The number of carbonyl (C=O) groups excluding carboxylic acids is 2. The van der Waals surface area contributed by atoms with Crippen LogP contribution in [-0.2, 0) is 29.5 Å². The SMILES string of the molecule is Cn1c(CCNC(=O)Cc2ccccc2)nc2cc(/C=C/C(=O)NO)ccc21.